The molecular formula is C5H5N3O5. The van der Waals surface area contributed by atoms with Crippen molar-refractivity contribution in [3.8, 4) is 5.88 Å². The van der Waals surface area contributed by atoms with E-state index >= 15 is 0 Å². The van der Waals surface area contributed by atoms with Crippen molar-refractivity contribution in [3.63, 3.8) is 0 Å². The molecule has 1 rings (SSSR count). The number of nitrogens with zero attached hydrogens (tertiary/aromatic N) is 1. The molecule has 1 heterocycles. The Morgan fingerprint density at radius 2 is 2.00 bits per heavy atom. The molecule has 0 fully saturated rings. The van der Waals surface area contributed by atoms with Gasteiger partial charge in [-0.3, -0.25) is 24.9 Å². The second-order valence-electron chi connectivity index (χ2n) is 2.05. The summed E-state index contributed by atoms with van der Waals surface area (Å²) in [5, 5.41) is 10.3. The minimum absolute atomic E-state index is 0.459. The highest BCUT2D eigenvalue weighted by atomic mass is 16.6. The van der Waals surface area contributed by atoms with Gasteiger partial charge in [0, 0.05) is 0 Å². The van der Waals surface area contributed by atoms with Crippen LogP contribution >= 0.6 is 0 Å². The summed E-state index contributed by atoms with van der Waals surface area (Å²) in [4.78, 5) is 34.5. The quantitative estimate of drug-likeness (QED) is 0.453. The fourth-order valence-electron chi connectivity index (χ4n) is 0.773. The summed E-state index contributed by atoms with van der Waals surface area (Å²) >= 11 is 0. The molecule has 0 aliphatic heterocycles. The lowest BCUT2D eigenvalue weighted by Gasteiger charge is -1.97. The second kappa shape index (κ2) is 3.09. The Morgan fingerprint density at radius 1 is 1.38 bits per heavy atom. The van der Waals surface area contributed by atoms with Crippen LogP contribution in [0, 0.1) is 10.1 Å². The molecule has 0 saturated carbocycles. The van der Waals surface area contributed by atoms with Crippen LogP contribution in [0.1, 0.15) is 0 Å². The van der Waals surface area contributed by atoms with Gasteiger partial charge >= 0.3 is 16.9 Å². The van der Waals surface area contributed by atoms with Crippen molar-refractivity contribution < 1.29 is 9.66 Å². The molecule has 2 N–H and O–H groups in total. The van der Waals surface area contributed by atoms with E-state index in [1.165, 1.54) is 0 Å². The molecule has 8 nitrogen and oxygen atoms in total. The van der Waals surface area contributed by atoms with Crippen molar-refractivity contribution in [1.29, 1.82) is 0 Å². The lowest BCUT2D eigenvalue weighted by Crippen LogP contribution is -2.25. The van der Waals surface area contributed by atoms with Crippen molar-refractivity contribution in [1.82, 2.24) is 9.97 Å². The monoisotopic (exact) mass is 187 g/mol. The van der Waals surface area contributed by atoms with E-state index in [9.17, 15) is 19.7 Å². The molecule has 0 aliphatic carbocycles. The Bertz CT molecular complexity index is 444. The van der Waals surface area contributed by atoms with Crippen LogP contribution in [-0.4, -0.2) is 22.0 Å². The van der Waals surface area contributed by atoms with Gasteiger partial charge in [-0.25, -0.2) is 4.79 Å². The average Bonchev–Trinajstić information content (AvgIpc) is 2.01. The standard InChI is InChI=1S/C5H5N3O5/c1-13-4-2(8(11)12)3(9)6-5(10)7-4/h1H3,(H2,6,7,9,10). The molecule has 1 aromatic rings. The number of ether oxygens (including phenoxy) is 1. The number of H-pyrrole nitrogens is 2. The van der Waals surface area contributed by atoms with Crippen LogP contribution in [-0.2, 0) is 0 Å². The van der Waals surface area contributed by atoms with Crippen molar-refractivity contribution >= 4 is 5.69 Å². The molecule has 0 spiro atoms. The summed E-state index contributed by atoms with van der Waals surface area (Å²) in [6.45, 7) is 0. The van der Waals surface area contributed by atoms with Gasteiger partial charge in [0.1, 0.15) is 0 Å². The van der Waals surface area contributed by atoms with Gasteiger partial charge in [0.15, 0.2) is 0 Å². The summed E-state index contributed by atoms with van der Waals surface area (Å²) in [5.74, 6) is -0.459. The molecule has 0 atom stereocenters. The zero-order valence-corrected chi connectivity index (χ0v) is 6.49. The minimum Gasteiger partial charge on any atom is -0.477 e. The number of hydrogen-bond acceptors (Lipinski definition) is 5. The van der Waals surface area contributed by atoms with Crippen LogP contribution < -0.4 is 16.0 Å². The van der Waals surface area contributed by atoms with Crippen LogP contribution in [0.25, 0.3) is 0 Å². The Balaban J connectivity index is 3.57. The summed E-state index contributed by atoms with van der Waals surface area (Å²) in [7, 11) is 1.11. The Labute approximate surface area is 70.3 Å². The van der Waals surface area contributed by atoms with E-state index in [0.29, 0.717) is 0 Å². The molecule has 13 heavy (non-hydrogen) atoms. The van der Waals surface area contributed by atoms with Gasteiger partial charge in [-0.2, -0.15) is 0 Å². The van der Waals surface area contributed by atoms with Crippen LogP contribution in [0.15, 0.2) is 9.59 Å². The number of aromatic amines is 2. The molecule has 0 unspecified atom stereocenters. The highest BCUT2D eigenvalue weighted by Crippen LogP contribution is 2.14. The molecule has 1 aromatic heterocycles. The topological polar surface area (TPSA) is 118 Å². The van der Waals surface area contributed by atoms with Crippen molar-refractivity contribution in [2.75, 3.05) is 7.11 Å². The number of nitro groups is 1. The average molecular weight is 187 g/mol. The van der Waals surface area contributed by atoms with Crippen LogP contribution in [0.4, 0.5) is 5.69 Å². The maximum atomic E-state index is 10.9. The van der Waals surface area contributed by atoms with Crippen LogP contribution in [0.2, 0.25) is 0 Å². The van der Waals surface area contributed by atoms with Crippen molar-refractivity contribution in [2.45, 2.75) is 0 Å². The Morgan fingerprint density at radius 3 is 2.46 bits per heavy atom. The molecule has 0 aromatic carbocycles. The summed E-state index contributed by atoms with van der Waals surface area (Å²) in [5.41, 5.74) is -2.76. The van der Waals surface area contributed by atoms with E-state index in [1.54, 1.807) is 4.98 Å². The van der Waals surface area contributed by atoms with E-state index < -0.39 is 27.7 Å². The first kappa shape index (κ1) is 8.97. The third kappa shape index (κ3) is 1.55. The van der Waals surface area contributed by atoms with E-state index in [2.05, 4.69) is 4.74 Å². The molecule has 0 aliphatic rings. The Kier molecular flexibility index (Phi) is 2.13. The number of methoxy groups -OCH3 is 1. The molecule has 0 saturated heterocycles. The zero-order valence-electron chi connectivity index (χ0n) is 6.49. The van der Waals surface area contributed by atoms with Gasteiger partial charge in [-0.15, -0.1) is 0 Å². The SMILES string of the molecule is COc1[nH]c(=O)[nH]c(=O)c1[N+](=O)[O-]. The van der Waals surface area contributed by atoms with E-state index in [-0.39, 0.29) is 0 Å². The second-order valence-corrected chi connectivity index (χ2v) is 2.05. The van der Waals surface area contributed by atoms with Gasteiger partial charge < -0.3 is 4.74 Å². The largest absolute Gasteiger partial charge is 0.477 e. The third-order valence-electron chi connectivity index (χ3n) is 1.27. The van der Waals surface area contributed by atoms with Gasteiger partial charge in [0.05, 0.1) is 12.0 Å². The molecule has 8 heteroatoms. The fourth-order valence-corrected chi connectivity index (χ4v) is 0.773. The van der Waals surface area contributed by atoms with Crippen molar-refractivity contribution in [2.24, 2.45) is 0 Å². The molecule has 0 bridgehead atoms. The number of nitrogens with one attached hydrogen (secondary N) is 2. The fraction of sp³-hybridized carbons (Fsp3) is 0.200. The zero-order chi connectivity index (χ0) is 10.0. The molecule has 0 radical (unpaired) electrons. The third-order valence-corrected chi connectivity index (χ3v) is 1.27. The number of hydrogen-bond donors (Lipinski definition) is 2. The maximum absolute atomic E-state index is 10.9. The maximum Gasteiger partial charge on any atom is 0.393 e. The van der Waals surface area contributed by atoms with Gasteiger partial charge in [0.25, 0.3) is 5.88 Å². The highest BCUT2D eigenvalue weighted by Gasteiger charge is 2.21. The molecule has 70 valence electrons. The molecular weight excluding hydrogens is 182 g/mol. The van der Waals surface area contributed by atoms with Gasteiger partial charge in [0.2, 0.25) is 0 Å². The summed E-state index contributed by atoms with van der Waals surface area (Å²) in [6, 6.07) is 0. The predicted molar refractivity (Wildman–Crippen MR) is 40.9 cm³/mol. The first-order valence-corrected chi connectivity index (χ1v) is 3.11. The van der Waals surface area contributed by atoms with E-state index in [4.69, 9.17) is 0 Å². The van der Waals surface area contributed by atoms with Gasteiger partial charge in [-0.05, 0) is 0 Å². The molecule has 0 amide bonds. The van der Waals surface area contributed by atoms with E-state index in [0.717, 1.165) is 7.11 Å². The smallest absolute Gasteiger partial charge is 0.393 e. The predicted octanol–water partition coefficient (Wildman–Crippen LogP) is -1.02. The summed E-state index contributed by atoms with van der Waals surface area (Å²) < 4.78 is 4.45. The normalized spacial score (nSPS) is 9.62. The lowest BCUT2D eigenvalue weighted by atomic mass is 10.5. The highest BCUT2D eigenvalue weighted by molar-refractivity contribution is 5.36. The van der Waals surface area contributed by atoms with Crippen molar-refractivity contribution in [3.05, 3.63) is 31.0 Å². The van der Waals surface area contributed by atoms with Gasteiger partial charge in [-0.1, -0.05) is 0 Å². The van der Waals surface area contributed by atoms with Crippen LogP contribution in [0.3, 0.4) is 0 Å². The number of aromatic nitrogens is 2. The lowest BCUT2D eigenvalue weighted by molar-refractivity contribution is -0.387. The van der Waals surface area contributed by atoms with E-state index in [1.807, 2.05) is 4.98 Å². The van der Waals surface area contributed by atoms with Crippen LogP contribution in [0.5, 0.6) is 5.88 Å². The minimum atomic E-state index is -1.09. The first-order chi connectivity index (χ1) is 6.06. The summed E-state index contributed by atoms with van der Waals surface area (Å²) in [6.07, 6.45) is 0. The number of rotatable bonds is 2. The Hall–Kier alpha value is -2.12. The first-order valence-electron chi connectivity index (χ1n) is 3.11.